The van der Waals surface area contributed by atoms with Crippen LogP contribution in [0.2, 0.25) is 0 Å². The summed E-state index contributed by atoms with van der Waals surface area (Å²) in [6.07, 6.45) is 1.12. The smallest absolute Gasteiger partial charge is 0.416 e. The molecule has 1 aliphatic rings. The molecule has 0 atom stereocenters. The van der Waals surface area contributed by atoms with Gasteiger partial charge in [-0.15, -0.1) is 0 Å². The molecule has 0 unspecified atom stereocenters. The number of fused-ring (bicyclic) bond motifs is 1. The van der Waals surface area contributed by atoms with Gasteiger partial charge in [-0.3, -0.25) is 0 Å². The van der Waals surface area contributed by atoms with Crippen LogP contribution in [0.25, 0.3) is 10.9 Å². The lowest BCUT2D eigenvalue weighted by atomic mass is 10.1. The second-order valence-electron chi connectivity index (χ2n) is 8.66. The molecule has 0 aliphatic carbocycles. The third-order valence-corrected chi connectivity index (χ3v) is 6.36. The Hall–Kier alpha value is -4.15. The van der Waals surface area contributed by atoms with E-state index < -0.39 is 11.7 Å². The number of hydrogen-bond donors (Lipinski definition) is 0. The van der Waals surface area contributed by atoms with Crippen molar-refractivity contribution < 1.29 is 22.6 Å². The molecule has 192 valence electrons. The molecule has 3 heterocycles. The molecule has 1 saturated heterocycles. The zero-order chi connectivity index (χ0) is 26.0. The molecule has 1 aliphatic heterocycles. The summed E-state index contributed by atoms with van der Waals surface area (Å²) in [5.41, 5.74) is 1.72. The van der Waals surface area contributed by atoms with Crippen LogP contribution in [0.1, 0.15) is 16.7 Å². The fourth-order valence-electron chi connectivity index (χ4n) is 4.39. The average molecular weight is 511 g/mol. The highest BCUT2D eigenvalue weighted by molar-refractivity contribution is 5.92. The third kappa shape index (κ3) is 5.20. The number of piperazine rings is 1. The summed E-state index contributed by atoms with van der Waals surface area (Å²) in [4.78, 5) is 22.2. The van der Waals surface area contributed by atoms with Crippen LogP contribution in [-0.4, -0.2) is 60.3 Å². The molecule has 2 aromatic carbocycles. The highest BCUT2D eigenvalue weighted by Gasteiger charge is 2.30. The number of anilines is 2. The van der Waals surface area contributed by atoms with Crippen molar-refractivity contribution in [2.24, 2.45) is 0 Å². The summed E-state index contributed by atoms with van der Waals surface area (Å²) in [6.45, 7) is 2.85. The van der Waals surface area contributed by atoms with Crippen molar-refractivity contribution in [2.45, 2.75) is 12.6 Å². The van der Waals surface area contributed by atoms with E-state index >= 15 is 0 Å². The minimum Gasteiger partial charge on any atom is -0.493 e. The van der Waals surface area contributed by atoms with Crippen LogP contribution in [0.3, 0.4) is 0 Å². The maximum absolute atomic E-state index is 12.8. The molecule has 0 amide bonds. The molecule has 0 N–H and O–H groups in total. The van der Waals surface area contributed by atoms with Gasteiger partial charge in [-0.1, -0.05) is 12.1 Å². The van der Waals surface area contributed by atoms with Gasteiger partial charge >= 0.3 is 6.18 Å². The Morgan fingerprint density at radius 2 is 1.41 bits per heavy atom. The zero-order valence-corrected chi connectivity index (χ0v) is 20.4. The van der Waals surface area contributed by atoms with Crippen molar-refractivity contribution in [1.82, 2.24) is 19.9 Å². The molecule has 4 aromatic rings. The number of alkyl halides is 3. The number of rotatable bonds is 6. The number of ether oxygens (including phenoxy) is 2. The van der Waals surface area contributed by atoms with Crippen molar-refractivity contribution in [1.29, 1.82) is 0 Å². The highest BCUT2D eigenvalue weighted by Crippen LogP contribution is 2.35. The molecule has 0 radical (unpaired) electrons. The van der Waals surface area contributed by atoms with Gasteiger partial charge in [-0.25, -0.2) is 19.9 Å². The van der Waals surface area contributed by atoms with Crippen LogP contribution in [-0.2, 0) is 12.6 Å². The van der Waals surface area contributed by atoms with E-state index in [1.807, 2.05) is 12.1 Å². The summed E-state index contributed by atoms with van der Waals surface area (Å²) in [6, 6.07) is 8.90. The monoisotopic (exact) mass is 510 g/mol. The Kier molecular flexibility index (Phi) is 6.68. The van der Waals surface area contributed by atoms with E-state index in [-0.39, 0.29) is 0 Å². The van der Waals surface area contributed by atoms with Crippen LogP contribution in [0, 0.1) is 0 Å². The molecule has 1 fully saturated rings. The first-order valence-electron chi connectivity index (χ1n) is 11.7. The van der Waals surface area contributed by atoms with E-state index in [4.69, 9.17) is 9.47 Å². The molecular weight excluding hydrogens is 485 g/mol. The second-order valence-corrected chi connectivity index (χ2v) is 8.66. The lowest BCUT2D eigenvalue weighted by Crippen LogP contribution is -2.47. The van der Waals surface area contributed by atoms with Gasteiger partial charge in [0, 0.05) is 56.4 Å². The Bertz CT molecular complexity index is 1370. The van der Waals surface area contributed by atoms with E-state index in [9.17, 15) is 13.2 Å². The zero-order valence-electron chi connectivity index (χ0n) is 20.4. The van der Waals surface area contributed by atoms with E-state index in [0.29, 0.717) is 37.0 Å². The number of methoxy groups -OCH3 is 2. The van der Waals surface area contributed by atoms with Gasteiger partial charge in [0.2, 0.25) is 5.95 Å². The topological polar surface area (TPSA) is 76.5 Å². The normalized spacial score (nSPS) is 14.2. The van der Waals surface area contributed by atoms with Crippen molar-refractivity contribution in [2.75, 3.05) is 50.2 Å². The predicted octanol–water partition coefficient (Wildman–Crippen LogP) is 4.37. The largest absolute Gasteiger partial charge is 0.493 e. The molecule has 11 heteroatoms. The standard InChI is InChI=1S/C26H25F3N6O2/c1-36-22-12-20-21(13-23(22)37-2)32-16-33-24(20)34-7-9-35(10-8-34)25-30-14-18(15-31-25)11-17-3-5-19(6-4-17)26(27,28)29/h3-6,12-16H,7-11H2,1-2H3. The molecule has 37 heavy (non-hydrogen) atoms. The number of benzene rings is 2. The van der Waals surface area contributed by atoms with Gasteiger partial charge in [0.05, 0.1) is 25.3 Å². The second kappa shape index (κ2) is 10.1. The Balaban J connectivity index is 1.24. The van der Waals surface area contributed by atoms with Crippen LogP contribution >= 0.6 is 0 Å². The number of hydrogen-bond acceptors (Lipinski definition) is 8. The van der Waals surface area contributed by atoms with Crippen LogP contribution in [0.15, 0.2) is 55.1 Å². The minimum absolute atomic E-state index is 0.460. The molecular formula is C26H25F3N6O2. The Morgan fingerprint density at radius 1 is 0.784 bits per heavy atom. The van der Waals surface area contributed by atoms with Gasteiger partial charge in [0.1, 0.15) is 12.1 Å². The average Bonchev–Trinajstić information content (AvgIpc) is 2.92. The van der Waals surface area contributed by atoms with Gasteiger partial charge in [0.15, 0.2) is 11.5 Å². The summed E-state index contributed by atoms with van der Waals surface area (Å²) < 4.78 is 49.2. The first-order valence-corrected chi connectivity index (χ1v) is 11.7. The van der Waals surface area contributed by atoms with E-state index in [0.717, 1.165) is 53.1 Å². The number of nitrogens with zero attached hydrogens (tertiary/aromatic N) is 6. The van der Waals surface area contributed by atoms with Gasteiger partial charge < -0.3 is 19.3 Å². The van der Waals surface area contributed by atoms with Crippen molar-refractivity contribution in [3.63, 3.8) is 0 Å². The third-order valence-electron chi connectivity index (χ3n) is 6.36. The molecule has 8 nitrogen and oxygen atoms in total. The van der Waals surface area contributed by atoms with Crippen LogP contribution in [0.4, 0.5) is 24.9 Å². The van der Waals surface area contributed by atoms with Gasteiger partial charge in [-0.05, 0) is 29.3 Å². The fraction of sp³-hybridized carbons (Fsp3) is 0.308. The summed E-state index contributed by atoms with van der Waals surface area (Å²) >= 11 is 0. The Labute approximate surface area is 211 Å². The van der Waals surface area contributed by atoms with Crippen molar-refractivity contribution in [3.05, 3.63) is 71.8 Å². The van der Waals surface area contributed by atoms with Crippen LogP contribution in [0.5, 0.6) is 11.5 Å². The van der Waals surface area contributed by atoms with Crippen molar-refractivity contribution in [3.8, 4) is 11.5 Å². The van der Waals surface area contributed by atoms with Gasteiger partial charge in [-0.2, -0.15) is 13.2 Å². The predicted molar refractivity (Wildman–Crippen MR) is 133 cm³/mol. The maximum atomic E-state index is 12.8. The van der Waals surface area contributed by atoms with Crippen molar-refractivity contribution >= 4 is 22.7 Å². The molecule has 0 saturated carbocycles. The fourth-order valence-corrected chi connectivity index (χ4v) is 4.39. The lowest BCUT2D eigenvalue weighted by Gasteiger charge is -2.35. The van der Waals surface area contributed by atoms with E-state index in [1.54, 1.807) is 32.9 Å². The first kappa shape index (κ1) is 24.5. The first-order chi connectivity index (χ1) is 17.9. The Morgan fingerprint density at radius 3 is 2.03 bits per heavy atom. The minimum atomic E-state index is -4.34. The lowest BCUT2D eigenvalue weighted by molar-refractivity contribution is -0.137. The highest BCUT2D eigenvalue weighted by atomic mass is 19.4. The van der Waals surface area contributed by atoms with E-state index in [2.05, 4.69) is 29.7 Å². The number of aromatic nitrogens is 4. The van der Waals surface area contributed by atoms with Crippen LogP contribution < -0.4 is 19.3 Å². The number of halogens is 3. The quantitative estimate of drug-likeness (QED) is 0.379. The molecule has 2 aromatic heterocycles. The summed E-state index contributed by atoms with van der Waals surface area (Å²) in [5, 5.41) is 0.887. The summed E-state index contributed by atoms with van der Waals surface area (Å²) in [5.74, 6) is 2.69. The molecule has 5 rings (SSSR count). The maximum Gasteiger partial charge on any atom is 0.416 e. The molecule has 0 bridgehead atoms. The molecule has 0 spiro atoms. The van der Waals surface area contributed by atoms with Gasteiger partial charge in [0.25, 0.3) is 0 Å². The SMILES string of the molecule is COc1cc2ncnc(N3CCN(c4ncc(Cc5ccc(C(F)(F)F)cc5)cn4)CC3)c2cc1OC. The summed E-state index contributed by atoms with van der Waals surface area (Å²) in [7, 11) is 3.19. The van der Waals surface area contributed by atoms with E-state index in [1.165, 1.54) is 12.1 Å².